The van der Waals surface area contributed by atoms with Crippen molar-refractivity contribution in [3.05, 3.63) is 45.3 Å². The summed E-state index contributed by atoms with van der Waals surface area (Å²) in [6.07, 6.45) is 1.91. The molecule has 3 rings (SSSR count). The van der Waals surface area contributed by atoms with Gasteiger partial charge in [-0.25, -0.2) is 4.98 Å². The van der Waals surface area contributed by atoms with Gasteiger partial charge in [-0.2, -0.15) is 0 Å². The highest BCUT2D eigenvalue weighted by molar-refractivity contribution is 8.00. The van der Waals surface area contributed by atoms with E-state index in [2.05, 4.69) is 13.8 Å². The second-order valence-electron chi connectivity index (χ2n) is 5.22. The van der Waals surface area contributed by atoms with E-state index >= 15 is 0 Å². The molecule has 1 atom stereocenters. The molecule has 3 nitrogen and oxygen atoms in total. The fraction of sp³-hybridized carbons (Fsp3) is 0.375. The van der Waals surface area contributed by atoms with Gasteiger partial charge in [-0.15, -0.1) is 11.8 Å². The van der Waals surface area contributed by atoms with Crippen molar-refractivity contribution in [3.63, 3.8) is 0 Å². The normalized spacial score (nSPS) is 14.9. The number of fused-ring (bicyclic) bond motifs is 1. The summed E-state index contributed by atoms with van der Waals surface area (Å²) in [5.41, 5.74) is 1.81. The number of rotatable bonds is 4. The van der Waals surface area contributed by atoms with E-state index in [0.29, 0.717) is 10.3 Å². The minimum absolute atomic E-state index is 0.0422. The van der Waals surface area contributed by atoms with Crippen molar-refractivity contribution in [1.29, 1.82) is 0 Å². The first-order valence-electron chi connectivity index (χ1n) is 7.31. The first-order chi connectivity index (χ1) is 10.6. The first-order valence-corrected chi connectivity index (χ1v) is 9.55. The third-order valence-corrected chi connectivity index (χ3v) is 6.21. The molecule has 0 amide bonds. The second-order valence-corrected chi connectivity index (χ2v) is 8.17. The molecular weight excluding hydrogens is 336 g/mol. The molecule has 1 aromatic carbocycles. The van der Waals surface area contributed by atoms with Gasteiger partial charge in [-0.3, -0.25) is 9.36 Å². The molecule has 1 aromatic heterocycles. The van der Waals surface area contributed by atoms with E-state index in [1.54, 1.807) is 40.2 Å². The summed E-state index contributed by atoms with van der Waals surface area (Å²) in [5, 5.41) is 1.86. The molecule has 0 N–H and O–H groups in total. The molecular formula is C16H17ClN2OS2. The van der Waals surface area contributed by atoms with Gasteiger partial charge < -0.3 is 0 Å². The summed E-state index contributed by atoms with van der Waals surface area (Å²) < 4.78 is 1.73. The molecule has 2 aromatic rings. The molecule has 1 aliphatic heterocycles. The van der Waals surface area contributed by atoms with E-state index in [1.807, 2.05) is 12.1 Å². The van der Waals surface area contributed by atoms with Crippen molar-refractivity contribution >= 4 is 35.1 Å². The van der Waals surface area contributed by atoms with Crippen LogP contribution in [0.4, 0.5) is 0 Å². The second kappa shape index (κ2) is 6.69. The molecule has 0 bridgehead atoms. The highest BCUT2D eigenvalue weighted by atomic mass is 35.5. The Labute approximate surface area is 143 Å². The highest BCUT2D eigenvalue weighted by Gasteiger charge is 2.23. The lowest BCUT2D eigenvalue weighted by molar-refractivity contribution is 0.734. The molecule has 0 fully saturated rings. The number of thioether (sulfide) groups is 2. The molecule has 0 aliphatic carbocycles. The van der Waals surface area contributed by atoms with Crippen LogP contribution in [0.2, 0.25) is 5.02 Å². The van der Waals surface area contributed by atoms with E-state index in [4.69, 9.17) is 16.6 Å². The van der Waals surface area contributed by atoms with Crippen LogP contribution in [-0.2, 0) is 6.42 Å². The minimum Gasteiger partial charge on any atom is -0.268 e. The van der Waals surface area contributed by atoms with Crippen LogP contribution < -0.4 is 5.56 Å². The van der Waals surface area contributed by atoms with Crippen LogP contribution in [-0.4, -0.2) is 20.6 Å². The zero-order valence-electron chi connectivity index (χ0n) is 12.5. The zero-order valence-corrected chi connectivity index (χ0v) is 14.9. The van der Waals surface area contributed by atoms with Crippen LogP contribution in [0.15, 0.2) is 39.1 Å². The standard InChI is InChI=1S/C16H17ClN2OS2/c1-3-10(2)22-16-18-13-8-9-21-14(13)15(20)19(16)12-6-4-11(17)5-7-12/h4-7,10H,3,8-9H2,1-2H3. The molecule has 2 heterocycles. The molecule has 22 heavy (non-hydrogen) atoms. The van der Waals surface area contributed by atoms with Gasteiger partial charge in [0.05, 0.1) is 16.3 Å². The topological polar surface area (TPSA) is 34.9 Å². The fourth-order valence-corrected chi connectivity index (χ4v) is 4.39. The number of hydrogen-bond donors (Lipinski definition) is 0. The number of halogens is 1. The zero-order chi connectivity index (χ0) is 15.7. The molecule has 0 saturated carbocycles. The average molecular weight is 353 g/mol. The van der Waals surface area contributed by atoms with Gasteiger partial charge >= 0.3 is 0 Å². The summed E-state index contributed by atoms with van der Waals surface area (Å²) in [7, 11) is 0. The lowest BCUT2D eigenvalue weighted by Gasteiger charge is -2.16. The summed E-state index contributed by atoms with van der Waals surface area (Å²) in [5.74, 6) is 0.940. The van der Waals surface area contributed by atoms with Crippen molar-refractivity contribution in [3.8, 4) is 5.69 Å². The molecule has 0 spiro atoms. The van der Waals surface area contributed by atoms with Gasteiger partial charge in [-0.05, 0) is 30.7 Å². The van der Waals surface area contributed by atoms with Crippen LogP contribution in [0, 0.1) is 0 Å². The van der Waals surface area contributed by atoms with E-state index in [0.717, 1.165) is 40.0 Å². The van der Waals surface area contributed by atoms with Gasteiger partial charge in [0.1, 0.15) is 0 Å². The third kappa shape index (κ3) is 3.07. The van der Waals surface area contributed by atoms with Crippen molar-refractivity contribution in [1.82, 2.24) is 9.55 Å². The van der Waals surface area contributed by atoms with Crippen molar-refractivity contribution in [2.24, 2.45) is 0 Å². The Kier molecular flexibility index (Phi) is 4.85. The summed E-state index contributed by atoms with van der Waals surface area (Å²) in [4.78, 5) is 18.5. The van der Waals surface area contributed by atoms with E-state index < -0.39 is 0 Å². The SMILES string of the molecule is CCC(C)Sc1nc2c(c(=O)n1-c1ccc(Cl)cc1)SCC2. The van der Waals surface area contributed by atoms with E-state index in [-0.39, 0.29) is 5.56 Å². The van der Waals surface area contributed by atoms with Gasteiger partial charge in [0.15, 0.2) is 5.16 Å². The van der Waals surface area contributed by atoms with Crippen LogP contribution in [0.5, 0.6) is 0 Å². The smallest absolute Gasteiger partial charge is 0.268 e. The molecule has 1 unspecified atom stereocenters. The Bertz CT molecular complexity index is 743. The number of aromatic nitrogens is 2. The molecule has 1 aliphatic rings. The predicted molar refractivity (Wildman–Crippen MR) is 94.9 cm³/mol. The van der Waals surface area contributed by atoms with Crippen LogP contribution >= 0.6 is 35.1 Å². The lowest BCUT2D eigenvalue weighted by atomic mass is 10.3. The largest absolute Gasteiger partial charge is 0.272 e. The quantitative estimate of drug-likeness (QED) is 0.602. The van der Waals surface area contributed by atoms with Crippen molar-refractivity contribution in [2.75, 3.05) is 5.75 Å². The maximum atomic E-state index is 12.9. The van der Waals surface area contributed by atoms with E-state index in [1.165, 1.54) is 0 Å². The molecule has 6 heteroatoms. The Morgan fingerprint density at radius 1 is 1.41 bits per heavy atom. The maximum absolute atomic E-state index is 12.9. The number of aryl methyl sites for hydroxylation is 1. The van der Waals surface area contributed by atoms with Crippen molar-refractivity contribution < 1.29 is 0 Å². The first kappa shape index (κ1) is 16.0. The highest BCUT2D eigenvalue weighted by Crippen LogP contribution is 2.31. The Morgan fingerprint density at radius 2 is 2.14 bits per heavy atom. The Balaban J connectivity index is 2.17. The van der Waals surface area contributed by atoms with Gasteiger partial charge in [0, 0.05) is 22.4 Å². The van der Waals surface area contributed by atoms with Crippen molar-refractivity contribution in [2.45, 2.75) is 42.0 Å². The molecule has 0 radical (unpaired) electrons. The molecule has 0 saturated heterocycles. The Hall–Kier alpha value is -0.910. The van der Waals surface area contributed by atoms with Crippen LogP contribution in [0.25, 0.3) is 5.69 Å². The average Bonchev–Trinajstić information content (AvgIpc) is 2.97. The van der Waals surface area contributed by atoms with Gasteiger partial charge in [-0.1, -0.05) is 37.2 Å². The number of benzene rings is 1. The number of nitrogens with zero attached hydrogens (tertiary/aromatic N) is 2. The molecule has 116 valence electrons. The van der Waals surface area contributed by atoms with E-state index in [9.17, 15) is 4.79 Å². The lowest BCUT2D eigenvalue weighted by Crippen LogP contribution is -2.24. The van der Waals surface area contributed by atoms with Gasteiger partial charge in [0.25, 0.3) is 5.56 Å². The maximum Gasteiger partial charge on any atom is 0.272 e. The fourth-order valence-electron chi connectivity index (χ4n) is 2.25. The summed E-state index contributed by atoms with van der Waals surface area (Å²) in [6, 6.07) is 7.36. The minimum atomic E-state index is 0.0422. The third-order valence-electron chi connectivity index (χ3n) is 3.63. The summed E-state index contributed by atoms with van der Waals surface area (Å²) in [6.45, 7) is 4.30. The summed E-state index contributed by atoms with van der Waals surface area (Å²) >= 11 is 9.23. The monoisotopic (exact) mass is 352 g/mol. The van der Waals surface area contributed by atoms with Gasteiger partial charge in [0.2, 0.25) is 0 Å². The predicted octanol–water partition coefficient (Wildman–Crippen LogP) is 4.42. The van der Waals surface area contributed by atoms with Crippen LogP contribution in [0.3, 0.4) is 0 Å². The Morgan fingerprint density at radius 3 is 2.82 bits per heavy atom. The number of hydrogen-bond acceptors (Lipinski definition) is 4. The van der Waals surface area contributed by atoms with Crippen LogP contribution in [0.1, 0.15) is 26.0 Å².